The SMILES string of the molecule is O=C(CSc1ccc(C(F)(F)F)cc1[N+](=O)[O-])OCc1ccccc1. The lowest BCUT2D eigenvalue weighted by atomic mass is 10.2. The fraction of sp³-hybridized carbons (Fsp3) is 0.188. The molecule has 0 unspecified atom stereocenters. The second-order valence-corrected chi connectivity index (χ2v) is 5.89. The Kier molecular flexibility index (Phi) is 6.02. The first-order valence-electron chi connectivity index (χ1n) is 6.95. The molecule has 0 saturated heterocycles. The molecule has 0 bridgehead atoms. The molecule has 0 aliphatic rings. The van der Waals surface area contributed by atoms with E-state index in [9.17, 15) is 28.1 Å². The number of thioether (sulfide) groups is 1. The predicted molar refractivity (Wildman–Crippen MR) is 85.1 cm³/mol. The molecule has 0 spiro atoms. The zero-order valence-electron chi connectivity index (χ0n) is 12.7. The normalized spacial score (nSPS) is 11.2. The maximum absolute atomic E-state index is 12.6. The summed E-state index contributed by atoms with van der Waals surface area (Å²) in [5.41, 5.74) is -1.03. The molecule has 25 heavy (non-hydrogen) atoms. The first-order chi connectivity index (χ1) is 11.8. The molecule has 9 heteroatoms. The van der Waals surface area contributed by atoms with E-state index in [0.717, 1.165) is 29.5 Å². The van der Waals surface area contributed by atoms with Crippen molar-refractivity contribution in [1.29, 1.82) is 0 Å². The second-order valence-electron chi connectivity index (χ2n) is 4.87. The Bertz CT molecular complexity index is 766. The number of halogens is 3. The Balaban J connectivity index is 1.99. The topological polar surface area (TPSA) is 69.4 Å². The third-order valence-corrected chi connectivity index (χ3v) is 4.11. The highest BCUT2D eigenvalue weighted by molar-refractivity contribution is 8.00. The van der Waals surface area contributed by atoms with Crippen molar-refractivity contribution in [3.8, 4) is 0 Å². The summed E-state index contributed by atoms with van der Waals surface area (Å²) in [7, 11) is 0. The molecule has 132 valence electrons. The van der Waals surface area contributed by atoms with Crippen LogP contribution in [0.5, 0.6) is 0 Å². The standard InChI is InChI=1S/C16H12F3NO4S/c17-16(18,19)12-6-7-14(13(8-12)20(22)23)25-10-15(21)24-9-11-4-2-1-3-5-11/h1-8H,9-10H2. The van der Waals surface area contributed by atoms with Gasteiger partial charge in [0.05, 0.1) is 21.1 Å². The Morgan fingerprint density at radius 2 is 1.84 bits per heavy atom. The molecular weight excluding hydrogens is 359 g/mol. The van der Waals surface area contributed by atoms with Gasteiger partial charge in [-0.2, -0.15) is 13.2 Å². The highest BCUT2D eigenvalue weighted by atomic mass is 32.2. The summed E-state index contributed by atoms with van der Waals surface area (Å²) in [4.78, 5) is 21.7. The average molecular weight is 371 g/mol. The number of hydrogen-bond donors (Lipinski definition) is 0. The summed E-state index contributed by atoms with van der Waals surface area (Å²) in [5, 5.41) is 11.0. The number of nitro benzene ring substituents is 1. The molecule has 0 N–H and O–H groups in total. The van der Waals surface area contributed by atoms with E-state index in [0.29, 0.717) is 6.07 Å². The second kappa shape index (κ2) is 8.02. The van der Waals surface area contributed by atoms with Crippen molar-refractivity contribution in [3.63, 3.8) is 0 Å². The number of carbonyl (C=O) groups is 1. The maximum atomic E-state index is 12.6. The highest BCUT2D eigenvalue weighted by Gasteiger charge is 2.33. The molecule has 0 aromatic heterocycles. The van der Waals surface area contributed by atoms with Crippen molar-refractivity contribution >= 4 is 23.4 Å². The summed E-state index contributed by atoms with van der Waals surface area (Å²) >= 11 is 0.754. The fourth-order valence-electron chi connectivity index (χ4n) is 1.87. The summed E-state index contributed by atoms with van der Waals surface area (Å²) < 4.78 is 42.9. The van der Waals surface area contributed by atoms with Gasteiger partial charge in [-0.1, -0.05) is 30.3 Å². The molecule has 0 fully saturated rings. The molecule has 2 aromatic rings. The number of benzene rings is 2. The third-order valence-electron chi connectivity index (χ3n) is 3.07. The predicted octanol–water partition coefficient (Wildman–Crippen LogP) is 4.45. The molecule has 2 aromatic carbocycles. The number of rotatable bonds is 6. The van der Waals surface area contributed by atoms with Gasteiger partial charge < -0.3 is 4.74 Å². The van der Waals surface area contributed by atoms with Gasteiger partial charge in [-0.3, -0.25) is 14.9 Å². The highest BCUT2D eigenvalue weighted by Crippen LogP contribution is 2.36. The van der Waals surface area contributed by atoms with Crippen LogP contribution in [0, 0.1) is 10.1 Å². The van der Waals surface area contributed by atoms with Crippen LogP contribution in [0.4, 0.5) is 18.9 Å². The van der Waals surface area contributed by atoms with Crippen molar-refractivity contribution in [2.45, 2.75) is 17.7 Å². The van der Waals surface area contributed by atoms with Crippen LogP contribution >= 0.6 is 11.8 Å². The molecule has 0 amide bonds. The summed E-state index contributed by atoms with van der Waals surface area (Å²) in [6.07, 6.45) is -4.68. The third kappa shape index (κ3) is 5.49. The zero-order valence-corrected chi connectivity index (χ0v) is 13.5. The first-order valence-corrected chi connectivity index (χ1v) is 7.94. The Hall–Kier alpha value is -2.55. The van der Waals surface area contributed by atoms with Gasteiger partial charge in [-0.15, -0.1) is 11.8 Å². The van der Waals surface area contributed by atoms with Gasteiger partial charge in [-0.05, 0) is 17.7 Å². The number of carbonyl (C=O) groups excluding carboxylic acids is 1. The van der Waals surface area contributed by atoms with Gasteiger partial charge >= 0.3 is 12.1 Å². The smallest absolute Gasteiger partial charge is 0.416 e. The van der Waals surface area contributed by atoms with E-state index in [4.69, 9.17) is 4.74 Å². The van der Waals surface area contributed by atoms with Crippen LogP contribution in [0.3, 0.4) is 0 Å². The summed E-state index contributed by atoms with van der Waals surface area (Å²) in [6, 6.07) is 11.1. The number of hydrogen-bond acceptors (Lipinski definition) is 5. The summed E-state index contributed by atoms with van der Waals surface area (Å²) in [6.45, 7) is 0.0509. The quantitative estimate of drug-likeness (QED) is 0.325. The molecule has 0 radical (unpaired) electrons. The lowest BCUT2D eigenvalue weighted by Gasteiger charge is -2.09. The van der Waals surface area contributed by atoms with Crippen LogP contribution in [-0.2, 0) is 22.3 Å². The number of nitrogens with zero attached hydrogens (tertiary/aromatic N) is 1. The minimum atomic E-state index is -4.68. The molecular formula is C16H12F3NO4S. The molecule has 0 heterocycles. The van der Waals surface area contributed by atoms with Crippen LogP contribution < -0.4 is 0 Å². The van der Waals surface area contributed by atoms with Crippen LogP contribution in [0.1, 0.15) is 11.1 Å². The van der Waals surface area contributed by atoms with Crippen molar-refractivity contribution in [1.82, 2.24) is 0 Å². The lowest BCUT2D eigenvalue weighted by molar-refractivity contribution is -0.388. The minimum absolute atomic E-state index is 0.0327. The molecule has 5 nitrogen and oxygen atoms in total. The van der Waals surface area contributed by atoms with Crippen molar-refractivity contribution in [2.24, 2.45) is 0 Å². The van der Waals surface area contributed by atoms with Crippen molar-refractivity contribution in [3.05, 3.63) is 69.8 Å². The molecule has 0 aliphatic heterocycles. The average Bonchev–Trinajstić information content (AvgIpc) is 2.58. The Labute approximate surface area is 144 Å². The zero-order chi connectivity index (χ0) is 18.4. The van der Waals surface area contributed by atoms with Crippen molar-refractivity contribution < 1.29 is 27.6 Å². The minimum Gasteiger partial charge on any atom is -0.460 e. The van der Waals surface area contributed by atoms with Gasteiger partial charge in [-0.25, -0.2) is 0 Å². The monoisotopic (exact) mass is 371 g/mol. The summed E-state index contributed by atoms with van der Waals surface area (Å²) in [5.74, 6) is -0.873. The number of nitro groups is 1. The number of ether oxygens (including phenoxy) is 1. The van der Waals surface area contributed by atoms with Crippen LogP contribution in [-0.4, -0.2) is 16.6 Å². The molecule has 0 saturated carbocycles. The molecule has 0 aliphatic carbocycles. The van der Waals surface area contributed by atoms with Gasteiger partial charge in [0.25, 0.3) is 5.69 Å². The molecule has 0 atom stereocenters. The van der Waals surface area contributed by atoms with E-state index in [2.05, 4.69) is 0 Å². The van der Waals surface area contributed by atoms with E-state index < -0.39 is 28.3 Å². The number of alkyl halides is 3. The van der Waals surface area contributed by atoms with E-state index in [-0.39, 0.29) is 17.3 Å². The van der Waals surface area contributed by atoms with Crippen LogP contribution in [0.25, 0.3) is 0 Å². The largest absolute Gasteiger partial charge is 0.460 e. The van der Waals surface area contributed by atoms with Gasteiger partial charge in [0, 0.05) is 6.07 Å². The van der Waals surface area contributed by atoms with E-state index >= 15 is 0 Å². The van der Waals surface area contributed by atoms with E-state index in [1.807, 2.05) is 6.07 Å². The first kappa shape index (κ1) is 18.8. The van der Waals surface area contributed by atoms with E-state index in [1.54, 1.807) is 24.3 Å². The number of esters is 1. The van der Waals surface area contributed by atoms with Gasteiger partial charge in [0.2, 0.25) is 0 Å². The fourth-order valence-corrected chi connectivity index (χ4v) is 2.68. The maximum Gasteiger partial charge on any atom is 0.416 e. The Morgan fingerprint density at radius 1 is 1.16 bits per heavy atom. The molecule has 2 rings (SSSR count). The lowest BCUT2D eigenvalue weighted by Crippen LogP contribution is -2.08. The van der Waals surface area contributed by atoms with Gasteiger partial charge in [0.15, 0.2) is 0 Å². The van der Waals surface area contributed by atoms with Crippen LogP contribution in [0.15, 0.2) is 53.4 Å². The Morgan fingerprint density at radius 3 is 2.44 bits per heavy atom. The van der Waals surface area contributed by atoms with E-state index in [1.165, 1.54) is 0 Å². The van der Waals surface area contributed by atoms with Gasteiger partial charge in [0.1, 0.15) is 6.61 Å². The van der Waals surface area contributed by atoms with Crippen LogP contribution in [0.2, 0.25) is 0 Å². The van der Waals surface area contributed by atoms with Crippen molar-refractivity contribution in [2.75, 3.05) is 5.75 Å².